The average molecular weight is 471 g/mol. The molecule has 2 aromatic rings. The van der Waals surface area contributed by atoms with E-state index in [1.807, 2.05) is 43.3 Å². The summed E-state index contributed by atoms with van der Waals surface area (Å²) < 4.78 is 24.8. The van der Waals surface area contributed by atoms with E-state index in [0.29, 0.717) is 28.2 Å². The van der Waals surface area contributed by atoms with Gasteiger partial charge in [0.25, 0.3) is 5.76 Å². The van der Waals surface area contributed by atoms with E-state index in [4.69, 9.17) is 0 Å². The lowest BCUT2D eigenvalue weighted by Crippen LogP contribution is -2.25. The van der Waals surface area contributed by atoms with Gasteiger partial charge in [0.15, 0.2) is 5.17 Å². The minimum Gasteiger partial charge on any atom is -0.378 e. The van der Waals surface area contributed by atoms with Crippen LogP contribution in [0.25, 0.3) is 0 Å². The van der Waals surface area contributed by atoms with Crippen molar-refractivity contribution in [1.82, 2.24) is 5.32 Å². The lowest BCUT2D eigenvalue weighted by molar-refractivity contribution is -0.118. The second-order valence-electron chi connectivity index (χ2n) is 6.46. The van der Waals surface area contributed by atoms with Crippen LogP contribution in [-0.2, 0) is 11.2 Å². The van der Waals surface area contributed by atoms with Gasteiger partial charge < -0.3 is 10.2 Å². The molecule has 1 atom stereocenters. The third kappa shape index (κ3) is 7.00. The highest BCUT2D eigenvalue weighted by molar-refractivity contribution is 8.15. The highest BCUT2D eigenvalue weighted by Gasteiger charge is 2.30. The van der Waals surface area contributed by atoms with Crippen LogP contribution in [0.2, 0.25) is 0 Å². The molecule has 30 heavy (non-hydrogen) atoms. The maximum absolute atomic E-state index is 12.4. The number of benzene rings is 2. The number of nitrogens with one attached hydrogen (secondary N) is 1. The van der Waals surface area contributed by atoms with Gasteiger partial charge in [-0.1, -0.05) is 47.8 Å². The molecule has 0 aliphatic carbocycles. The SMILES string of the molecule is CN(C)c1ccc(/C=N/N=C2\NC(=O)C(Cc3ccc(SC(F)F)cc3)S2)cc1.Cl. The molecule has 0 bridgehead atoms. The zero-order chi connectivity index (χ0) is 20.8. The molecule has 0 spiro atoms. The third-order valence-corrected chi connectivity index (χ3v) is 5.91. The fourth-order valence-electron chi connectivity index (χ4n) is 2.61. The number of carbonyl (C=O) groups is 1. The number of anilines is 1. The lowest BCUT2D eigenvalue weighted by atomic mass is 10.1. The van der Waals surface area contributed by atoms with Crippen molar-refractivity contribution in [2.45, 2.75) is 22.3 Å². The van der Waals surface area contributed by atoms with Gasteiger partial charge in [-0.3, -0.25) is 4.79 Å². The van der Waals surface area contributed by atoms with Crippen molar-refractivity contribution in [1.29, 1.82) is 0 Å². The van der Waals surface area contributed by atoms with Crippen molar-refractivity contribution in [2.75, 3.05) is 19.0 Å². The van der Waals surface area contributed by atoms with Crippen molar-refractivity contribution in [2.24, 2.45) is 10.2 Å². The third-order valence-electron chi connectivity index (χ3n) is 4.11. The number of amides is 1. The maximum Gasteiger partial charge on any atom is 0.288 e. The second-order valence-corrected chi connectivity index (χ2v) is 8.71. The second kappa shape index (κ2) is 11.3. The van der Waals surface area contributed by atoms with Crippen molar-refractivity contribution in [3.05, 3.63) is 59.7 Å². The Hall–Kier alpha value is -2.10. The molecule has 1 saturated heterocycles. The van der Waals surface area contributed by atoms with Gasteiger partial charge in [0.2, 0.25) is 5.91 Å². The Morgan fingerprint density at radius 1 is 1.17 bits per heavy atom. The van der Waals surface area contributed by atoms with Crippen LogP contribution in [0.3, 0.4) is 0 Å². The standard InChI is InChI=1S/C20H20F2N4OS2.ClH/c1-26(2)15-7-3-14(4-8-15)12-23-25-20-24-18(27)17(29-20)11-13-5-9-16(10-6-13)28-19(21)22;/h3-10,12,17,19H,11H2,1-2H3,(H,24,25,27);1H/b23-12+;. The maximum atomic E-state index is 12.4. The van der Waals surface area contributed by atoms with Gasteiger partial charge in [0.05, 0.1) is 11.5 Å². The Bertz CT molecular complexity index is 906. The number of nitrogens with zero attached hydrogens (tertiary/aromatic N) is 3. The summed E-state index contributed by atoms with van der Waals surface area (Å²) in [4.78, 5) is 14.7. The monoisotopic (exact) mass is 470 g/mol. The predicted molar refractivity (Wildman–Crippen MR) is 125 cm³/mol. The van der Waals surface area contributed by atoms with Crippen LogP contribution in [0, 0.1) is 0 Å². The van der Waals surface area contributed by atoms with Crippen molar-refractivity contribution in [3.8, 4) is 0 Å². The molecule has 10 heteroatoms. The van der Waals surface area contributed by atoms with Crippen LogP contribution >= 0.6 is 35.9 Å². The average Bonchev–Trinajstić information content (AvgIpc) is 3.02. The van der Waals surface area contributed by atoms with E-state index in [0.717, 1.165) is 16.8 Å². The van der Waals surface area contributed by atoms with Gasteiger partial charge in [-0.15, -0.1) is 17.5 Å². The van der Waals surface area contributed by atoms with Gasteiger partial charge in [-0.25, -0.2) is 0 Å². The summed E-state index contributed by atoms with van der Waals surface area (Å²) in [5, 5.41) is 11.0. The van der Waals surface area contributed by atoms with E-state index in [1.165, 1.54) is 11.8 Å². The summed E-state index contributed by atoms with van der Waals surface area (Å²) in [6.07, 6.45) is 2.12. The largest absolute Gasteiger partial charge is 0.378 e. The molecule has 5 nitrogen and oxygen atoms in total. The van der Waals surface area contributed by atoms with E-state index >= 15 is 0 Å². The highest BCUT2D eigenvalue weighted by atomic mass is 35.5. The van der Waals surface area contributed by atoms with Gasteiger partial charge >= 0.3 is 0 Å². The normalized spacial score (nSPS) is 17.4. The molecule has 3 rings (SSSR count). The number of amidine groups is 1. The van der Waals surface area contributed by atoms with Crippen LogP contribution < -0.4 is 10.2 Å². The molecule has 1 aliphatic heterocycles. The summed E-state index contributed by atoms with van der Waals surface area (Å²) >= 11 is 1.82. The quantitative estimate of drug-likeness (QED) is 0.363. The number of hydrogen-bond acceptors (Lipinski definition) is 6. The molecule has 2 aromatic carbocycles. The molecule has 0 saturated carbocycles. The van der Waals surface area contributed by atoms with Crippen LogP contribution in [0.15, 0.2) is 63.6 Å². The summed E-state index contributed by atoms with van der Waals surface area (Å²) in [5.74, 6) is -2.58. The molecule has 0 aromatic heterocycles. The smallest absolute Gasteiger partial charge is 0.288 e. The van der Waals surface area contributed by atoms with Gasteiger partial charge in [-0.2, -0.15) is 13.9 Å². The first kappa shape index (κ1) is 24.2. The number of carbonyl (C=O) groups excluding carboxylic acids is 1. The van der Waals surface area contributed by atoms with E-state index in [1.54, 1.807) is 30.5 Å². The van der Waals surface area contributed by atoms with Gasteiger partial charge in [-0.05, 0) is 41.8 Å². The molecular weight excluding hydrogens is 450 g/mol. The summed E-state index contributed by atoms with van der Waals surface area (Å²) in [7, 11) is 3.95. The zero-order valence-corrected chi connectivity index (χ0v) is 18.7. The van der Waals surface area contributed by atoms with E-state index in [2.05, 4.69) is 15.5 Å². The Balaban J connectivity index is 0.00000320. The Morgan fingerprint density at radius 3 is 2.43 bits per heavy atom. The van der Waals surface area contributed by atoms with E-state index in [-0.39, 0.29) is 23.6 Å². The first-order valence-electron chi connectivity index (χ1n) is 8.80. The predicted octanol–water partition coefficient (Wildman–Crippen LogP) is 4.65. The van der Waals surface area contributed by atoms with E-state index in [9.17, 15) is 13.6 Å². The molecule has 160 valence electrons. The van der Waals surface area contributed by atoms with E-state index < -0.39 is 5.76 Å². The molecule has 1 N–H and O–H groups in total. The molecule has 1 unspecified atom stereocenters. The Morgan fingerprint density at radius 2 is 1.83 bits per heavy atom. The summed E-state index contributed by atoms with van der Waals surface area (Å²) in [5.41, 5.74) is 2.91. The highest BCUT2D eigenvalue weighted by Crippen LogP contribution is 2.27. The van der Waals surface area contributed by atoms with Crippen molar-refractivity contribution in [3.63, 3.8) is 0 Å². The number of alkyl halides is 2. The number of rotatable bonds is 7. The van der Waals surface area contributed by atoms with Crippen LogP contribution in [0.5, 0.6) is 0 Å². The molecule has 1 aliphatic rings. The number of halogens is 3. The molecule has 0 radical (unpaired) electrons. The molecular formula is C20H21ClF2N4OS2. The minimum absolute atomic E-state index is 0. The summed E-state index contributed by atoms with van der Waals surface area (Å²) in [6, 6.07) is 14.7. The Kier molecular flexibility index (Phi) is 9.13. The Labute approximate surface area is 188 Å². The molecule has 1 heterocycles. The fourth-order valence-corrected chi connectivity index (χ4v) is 4.08. The minimum atomic E-state index is -2.44. The van der Waals surface area contributed by atoms with Crippen molar-refractivity contribution < 1.29 is 13.6 Å². The van der Waals surface area contributed by atoms with Gasteiger partial charge in [0.1, 0.15) is 0 Å². The topological polar surface area (TPSA) is 57.1 Å². The fraction of sp³-hybridized carbons (Fsp3) is 0.250. The number of thioether (sulfide) groups is 2. The molecule has 1 fully saturated rings. The van der Waals surface area contributed by atoms with Gasteiger partial charge in [0, 0.05) is 24.7 Å². The van der Waals surface area contributed by atoms with Crippen LogP contribution in [-0.4, -0.2) is 42.4 Å². The van der Waals surface area contributed by atoms with Crippen molar-refractivity contribution >= 4 is 58.9 Å². The van der Waals surface area contributed by atoms with Crippen LogP contribution in [0.4, 0.5) is 14.5 Å². The lowest BCUT2D eigenvalue weighted by Gasteiger charge is -2.11. The zero-order valence-electron chi connectivity index (χ0n) is 16.3. The molecule has 1 amide bonds. The summed E-state index contributed by atoms with van der Waals surface area (Å²) in [6.45, 7) is 0. The first-order valence-corrected chi connectivity index (χ1v) is 10.6. The van der Waals surface area contributed by atoms with Crippen LogP contribution in [0.1, 0.15) is 11.1 Å². The number of hydrogen-bond donors (Lipinski definition) is 1. The first-order chi connectivity index (χ1) is 13.9.